The Balaban J connectivity index is 1.59. The number of hydrogen-bond acceptors (Lipinski definition) is 5. The number of carbonyl (C=O) groups excluding carboxylic acids is 4. The minimum atomic E-state index is -0.931. The molecule has 2 fully saturated rings. The lowest BCUT2D eigenvalue weighted by molar-refractivity contribution is -0.143. The maximum Gasteiger partial charge on any atom is 0.312 e. The second-order valence-corrected chi connectivity index (χ2v) is 10.3. The number of primary amides is 1. The van der Waals surface area contributed by atoms with Crippen LogP contribution in [0.15, 0.2) is 60.7 Å². The molecule has 5 atom stereocenters. The van der Waals surface area contributed by atoms with Crippen molar-refractivity contribution in [3.8, 4) is 0 Å². The fraction of sp³-hybridized carbons (Fsp3) is 0.448. The fourth-order valence-corrected chi connectivity index (χ4v) is 5.66. The second-order valence-electron chi connectivity index (χ2n) is 10.3. The Morgan fingerprint density at radius 3 is 2.10 bits per heavy atom. The molecule has 2 saturated heterocycles. The monoisotopic (exact) mass is 534 g/mol. The fourth-order valence-electron chi connectivity index (χ4n) is 5.66. The van der Waals surface area contributed by atoms with Gasteiger partial charge in [0.2, 0.25) is 17.7 Å². The number of nitrogens with two attached hydrogens (primary N) is 2. The molecule has 0 bridgehead atoms. The van der Waals surface area contributed by atoms with E-state index in [0.29, 0.717) is 32.1 Å². The van der Waals surface area contributed by atoms with Gasteiger partial charge in [0.15, 0.2) is 0 Å². The van der Waals surface area contributed by atoms with Crippen molar-refractivity contribution in [2.45, 2.75) is 69.2 Å². The summed E-state index contributed by atoms with van der Waals surface area (Å²) in [4.78, 5) is 53.6. The molecule has 2 aromatic carbocycles. The van der Waals surface area contributed by atoms with Crippen molar-refractivity contribution in [1.82, 2.24) is 20.9 Å². The molecule has 7 N–H and O–H groups in total. The molecule has 4 rings (SSSR count). The molecular weight excluding hydrogens is 496 g/mol. The predicted molar refractivity (Wildman–Crippen MR) is 147 cm³/mol. The first-order valence-electron chi connectivity index (χ1n) is 13.6. The number of hydrogen-bond donors (Lipinski definition) is 5. The summed E-state index contributed by atoms with van der Waals surface area (Å²) in [7, 11) is 0. The van der Waals surface area contributed by atoms with Crippen molar-refractivity contribution >= 4 is 23.8 Å². The zero-order chi connectivity index (χ0) is 27.9. The highest BCUT2D eigenvalue weighted by atomic mass is 16.2. The smallest absolute Gasteiger partial charge is 0.312 e. The molecule has 0 aliphatic carbocycles. The summed E-state index contributed by atoms with van der Waals surface area (Å²) < 4.78 is 0. The Hall–Kier alpha value is -3.92. The maximum atomic E-state index is 14.0. The summed E-state index contributed by atoms with van der Waals surface area (Å²) in [5.74, 6) is -1.40. The van der Waals surface area contributed by atoms with Gasteiger partial charge in [-0.1, -0.05) is 67.6 Å². The summed E-state index contributed by atoms with van der Waals surface area (Å²) >= 11 is 0. The van der Waals surface area contributed by atoms with Gasteiger partial charge in [0.25, 0.3) is 0 Å². The van der Waals surface area contributed by atoms with Gasteiger partial charge in [-0.05, 0) is 43.2 Å². The van der Waals surface area contributed by atoms with Gasteiger partial charge in [-0.3, -0.25) is 14.4 Å². The topological polar surface area (TPSA) is 160 Å². The molecule has 5 amide bonds. The van der Waals surface area contributed by atoms with Crippen LogP contribution in [0.1, 0.15) is 56.2 Å². The van der Waals surface area contributed by atoms with Crippen LogP contribution in [-0.4, -0.2) is 59.4 Å². The van der Waals surface area contributed by atoms with Crippen LogP contribution in [0.5, 0.6) is 0 Å². The van der Waals surface area contributed by atoms with Gasteiger partial charge in [-0.25, -0.2) is 4.79 Å². The minimum Gasteiger partial charge on any atom is -0.352 e. The van der Waals surface area contributed by atoms with Crippen molar-refractivity contribution < 1.29 is 19.2 Å². The number of nitrogens with one attached hydrogen (secondary N) is 3. The number of urea groups is 1. The molecule has 0 spiro atoms. The Morgan fingerprint density at radius 2 is 1.54 bits per heavy atom. The average Bonchev–Trinajstić information content (AvgIpc) is 3.33. The van der Waals surface area contributed by atoms with Crippen molar-refractivity contribution in [3.05, 3.63) is 71.8 Å². The molecule has 39 heavy (non-hydrogen) atoms. The number of nitrogens with zero attached hydrogens (tertiary/aromatic N) is 1. The van der Waals surface area contributed by atoms with Gasteiger partial charge in [0, 0.05) is 18.5 Å². The van der Waals surface area contributed by atoms with Crippen LogP contribution in [-0.2, 0) is 14.4 Å². The lowest BCUT2D eigenvalue weighted by Crippen LogP contribution is -2.59. The van der Waals surface area contributed by atoms with Gasteiger partial charge in [-0.2, -0.15) is 0 Å². The second kappa shape index (κ2) is 12.8. The lowest BCUT2D eigenvalue weighted by Gasteiger charge is -2.33. The summed E-state index contributed by atoms with van der Waals surface area (Å²) in [6, 6.07) is 15.8. The number of carbonyl (C=O) groups is 4. The Bertz CT molecular complexity index is 1120. The number of amides is 5. The van der Waals surface area contributed by atoms with Crippen molar-refractivity contribution in [2.75, 3.05) is 6.54 Å². The van der Waals surface area contributed by atoms with Crippen molar-refractivity contribution in [2.24, 2.45) is 17.4 Å². The van der Waals surface area contributed by atoms with Crippen LogP contribution in [0.25, 0.3) is 0 Å². The Morgan fingerprint density at radius 1 is 0.949 bits per heavy atom. The Kier molecular flexibility index (Phi) is 9.19. The quantitative estimate of drug-likeness (QED) is 0.330. The van der Waals surface area contributed by atoms with E-state index in [1.807, 2.05) is 60.7 Å². The minimum absolute atomic E-state index is 0.134. The van der Waals surface area contributed by atoms with Crippen LogP contribution in [0, 0.1) is 5.92 Å². The summed E-state index contributed by atoms with van der Waals surface area (Å²) in [6.07, 6.45) is 2.83. The first kappa shape index (κ1) is 28.1. The van der Waals surface area contributed by atoms with Crippen LogP contribution < -0.4 is 27.4 Å². The number of rotatable bonds is 9. The molecule has 2 heterocycles. The molecule has 0 radical (unpaired) electrons. The normalized spacial score (nSPS) is 23.5. The molecule has 0 aromatic heterocycles. The third-order valence-corrected chi connectivity index (χ3v) is 7.83. The number of fused-ring (bicyclic) bond motifs is 1. The Labute approximate surface area is 228 Å². The third kappa shape index (κ3) is 6.57. The summed E-state index contributed by atoms with van der Waals surface area (Å²) in [5.41, 5.74) is 13.1. The summed E-state index contributed by atoms with van der Waals surface area (Å²) in [6.45, 7) is 1.92. The van der Waals surface area contributed by atoms with E-state index in [4.69, 9.17) is 11.5 Å². The average molecular weight is 535 g/mol. The van der Waals surface area contributed by atoms with E-state index >= 15 is 0 Å². The van der Waals surface area contributed by atoms with E-state index in [-0.39, 0.29) is 36.4 Å². The third-order valence-electron chi connectivity index (χ3n) is 7.83. The first-order chi connectivity index (χ1) is 18.8. The van der Waals surface area contributed by atoms with Crippen molar-refractivity contribution in [1.29, 1.82) is 0 Å². The number of benzene rings is 2. The van der Waals surface area contributed by atoms with Crippen LogP contribution in [0.3, 0.4) is 0 Å². The van der Waals surface area contributed by atoms with Gasteiger partial charge >= 0.3 is 6.03 Å². The molecule has 10 heteroatoms. The molecule has 2 aromatic rings. The van der Waals surface area contributed by atoms with Crippen LogP contribution >= 0.6 is 0 Å². The molecule has 10 nitrogen and oxygen atoms in total. The summed E-state index contributed by atoms with van der Waals surface area (Å²) in [5, 5.41) is 8.58. The maximum absolute atomic E-state index is 14.0. The molecular formula is C29H38N6O4. The standard InChI is InChI=1S/C29H38N6O4/c1-2-22(30)26(36)34-25-20(17-32-29(31)39)13-14-21-15-16-23(35(21)28(25)38)27(37)33-24(18-9-5-3-6-10-18)19-11-7-4-8-12-19/h3-12,20-25H,2,13-17,30H2,1H3,(H,33,37)(H,34,36)(H3,31,32,39)/t20?,21?,22-,23?,25?/m0/s1. The van der Waals surface area contributed by atoms with Gasteiger partial charge < -0.3 is 32.3 Å². The van der Waals surface area contributed by atoms with E-state index in [1.165, 1.54) is 0 Å². The lowest BCUT2D eigenvalue weighted by atomic mass is 9.92. The van der Waals surface area contributed by atoms with E-state index in [9.17, 15) is 19.2 Å². The first-order valence-corrected chi connectivity index (χ1v) is 13.6. The van der Waals surface area contributed by atoms with E-state index in [0.717, 1.165) is 11.1 Å². The van der Waals surface area contributed by atoms with E-state index in [1.54, 1.807) is 11.8 Å². The molecule has 2 aliphatic heterocycles. The molecule has 4 unspecified atom stereocenters. The van der Waals surface area contributed by atoms with Crippen LogP contribution in [0.2, 0.25) is 0 Å². The van der Waals surface area contributed by atoms with Crippen LogP contribution in [0.4, 0.5) is 4.79 Å². The van der Waals surface area contributed by atoms with Crippen molar-refractivity contribution in [3.63, 3.8) is 0 Å². The van der Waals surface area contributed by atoms with E-state index < -0.39 is 30.1 Å². The molecule has 0 saturated carbocycles. The SMILES string of the molecule is CC[C@H](N)C(=O)NC1C(=O)N2C(CCC1CNC(N)=O)CCC2C(=O)NC(c1ccccc1)c1ccccc1. The predicted octanol–water partition coefficient (Wildman–Crippen LogP) is 1.55. The van der Waals surface area contributed by atoms with Gasteiger partial charge in [0.05, 0.1) is 12.1 Å². The highest BCUT2D eigenvalue weighted by Gasteiger charge is 2.48. The van der Waals surface area contributed by atoms with Gasteiger partial charge in [0.1, 0.15) is 12.1 Å². The highest BCUT2D eigenvalue weighted by Crippen LogP contribution is 2.34. The largest absolute Gasteiger partial charge is 0.352 e. The zero-order valence-corrected chi connectivity index (χ0v) is 22.2. The molecule has 208 valence electrons. The van der Waals surface area contributed by atoms with Gasteiger partial charge in [-0.15, -0.1) is 0 Å². The zero-order valence-electron chi connectivity index (χ0n) is 22.2. The highest BCUT2D eigenvalue weighted by molar-refractivity contribution is 5.94. The van der Waals surface area contributed by atoms with E-state index in [2.05, 4.69) is 16.0 Å². The molecule has 2 aliphatic rings.